The van der Waals surface area contributed by atoms with E-state index in [1.54, 1.807) is 31.4 Å². The Labute approximate surface area is 172 Å². The lowest BCUT2D eigenvalue weighted by atomic mass is 9.96. The van der Waals surface area contributed by atoms with E-state index >= 15 is 0 Å². The molecule has 1 heterocycles. The SMILES string of the molecule is COc1ccccc1[C@H](C)NC(=O)C1CCN(S(=O)(=O)c2ccc(C)cc2)CC1. The molecule has 0 aromatic heterocycles. The van der Waals surface area contributed by atoms with Gasteiger partial charge in [-0.15, -0.1) is 0 Å². The van der Waals surface area contributed by atoms with E-state index in [4.69, 9.17) is 4.74 Å². The average molecular weight is 417 g/mol. The van der Waals surface area contributed by atoms with Gasteiger partial charge >= 0.3 is 0 Å². The number of benzene rings is 2. The number of amides is 1. The molecule has 6 nitrogen and oxygen atoms in total. The Morgan fingerprint density at radius 2 is 1.72 bits per heavy atom. The molecule has 1 N–H and O–H groups in total. The second-order valence-electron chi connectivity index (χ2n) is 7.46. The summed E-state index contributed by atoms with van der Waals surface area (Å²) in [5.41, 5.74) is 1.94. The number of rotatable bonds is 6. The second-order valence-corrected chi connectivity index (χ2v) is 9.40. The lowest BCUT2D eigenvalue weighted by molar-refractivity contribution is -0.126. The fourth-order valence-corrected chi connectivity index (χ4v) is 5.12. The molecule has 0 saturated carbocycles. The highest BCUT2D eigenvalue weighted by Gasteiger charge is 2.32. The van der Waals surface area contributed by atoms with Crippen LogP contribution in [0.2, 0.25) is 0 Å². The number of para-hydroxylation sites is 1. The minimum absolute atomic E-state index is 0.0456. The van der Waals surface area contributed by atoms with Crippen molar-refractivity contribution in [3.63, 3.8) is 0 Å². The molecule has 2 aromatic rings. The van der Waals surface area contributed by atoms with Crippen molar-refractivity contribution in [2.75, 3.05) is 20.2 Å². The van der Waals surface area contributed by atoms with Crippen LogP contribution in [0.25, 0.3) is 0 Å². The number of methoxy groups -OCH3 is 1. The maximum Gasteiger partial charge on any atom is 0.243 e. The summed E-state index contributed by atoms with van der Waals surface area (Å²) in [5.74, 6) is 0.492. The minimum atomic E-state index is -3.52. The van der Waals surface area contributed by atoms with E-state index in [1.807, 2.05) is 38.1 Å². The molecule has 1 aliphatic rings. The van der Waals surface area contributed by atoms with Crippen molar-refractivity contribution in [1.29, 1.82) is 0 Å². The van der Waals surface area contributed by atoms with Crippen LogP contribution in [0.15, 0.2) is 53.4 Å². The number of hydrogen-bond donors (Lipinski definition) is 1. The van der Waals surface area contributed by atoms with Gasteiger partial charge in [0.15, 0.2) is 0 Å². The molecule has 29 heavy (non-hydrogen) atoms. The number of hydrogen-bond acceptors (Lipinski definition) is 4. The van der Waals surface area contributed by atoms with Crippen molar-refractivity contribution in [2.24, 2.45) is 5.92 Å². The van der Waals surface area contributed by atoms with E-state index in [1.165, 1.54) is 4.31 Å². The topological polar surface area (TPSA) is 75.7 Å². The number of nitrogens with one attached hydrogen (secondary N) is 1. The van der Waals surface area contributed by atoms with Crippen LogP contribution >= 0.6 is 0 Å². The summed E-state index contributed by atoms with van der Waals surface area (Å²) in [6.45, 7) is 4.54. The smallest absolute Gasteiger partial charge is 0.243 e. The van der Waals surface area contributed by atoms with E-state index < -0.39 is 10.0 Å². The molecule has 1 atom stereocenters. The average Bonchev–Trinajstić information content (AvgIpc) is 2.74. The number of ether oxygens (including phenoxy) is 1. The van der Waals surface area contributed by atoms with Crippen LogP contribution in [0, 0.1) is 12.8 Å². The zero-order valence-corrected chi connectivity index (χ0v) is 17.9. The van der Waals surface area contributed by atoms with Crippen molar-refractivity contribution in [1.82, 2.24) is 9.62 Å². The molecule has 0 spiro atoms. The summed E-state index contributed by atoms with van der Waals surface area (Å²) in [4.78, 5) is 13.0. The molecular formula is C22H28N2O4S. The third kappa shape index (κ3) is 4.79. The zero-order valence-electron chi connectivity index (χ0n) is 17.1. The van der Waals surface area contributed by atoms with E-state index in [-0.39, 0.29) is 17.9 Å². The Hall–Kier alpha value is -2.38. The Morgan fingerprint density at radius 3 is 2.34 bits per heavy atom. The summed E-state index contributed by atoms with van der Waals surface area (Å²) in [6, 6.07) is 14.3. The van der Waals surface area contributed by atoms with Gasteiger partial charge in [0.05, 0.1) is 18.0 Å². The number of sulfonamides is 1. The first kappa shape index (κ1) is 21.3. The number of nitrogens with zero attached hydrogens (tertiary/aromatic N) is 1. The Morgan fingerprint density at radius 1 is 1.10 bits per heavy atom. The quantitative estimate of drug-likeness (QED) is 0.784. The van der Waals surface area contributed by atoms with Gasteiger partial charge in [-0.05, 0) is 44.9 Å². The molecule has 7 heteroatoms. The molecule has 1 saturated heterocycles. The molecule has 1 amide bonds. The van der Waals surface area contributed by atoms with Crippen LogP contribution in [0.4, 0.5) is 0 Å². The maximum atomic E-state index is 12.8. The number of carbonyl (C=O) groups excluding carboxylic acids is 1. The highest BCUT2D eigenvalue weighted by Crippen LogP contribution is 2.27. The van der Waals surface area contributed by atoms with Crippen molar-refractivity contribution in [3.05, 3.63) is 59.7 Å². The number of piperidine rings is 1. The van der Waals surface area contributed by atoms with E-state index in [0.29, 0.717) is 30.8 Å². The van der Waals surface area contributed by atoms with Gasteiger partial charge in [0.1, 0.15) is 5.75 Å². The van der Waals surface area contributed by atoms with Crippen molar-refractivity contribution in [3.8, 4) is 5.75 Å². The van der Waals surface area contributed by atoms with Crippen LogP contribution in [0.3, 0.4) is 0 Å². The molecule has 0 aliphatic carbocycles. The lowest BCUT2D eigenvalue weighted by Gasteiger charge is -2.31. The summed E-state index contributed by atoms with van der Waals surface area (Å²) in [7, 11) is -1.91. The first-order chi connectivity index (χ1) is 13.8. The monoisotopic (exact) mass is 416 g/mol. The van der Waals surface area contributed by atoms with Crippen molar-refractivity contribution in [2.45, 2.75) is 37.6 Å². The predicted molar refractivity (Wildman–Crippen MR) is 112 cm³/mol. The first-order valence-corrected chi connectivity index (χ1v) is 11.3. The van der Waals surface area contributed by atoms with Crippen molar-refractivity contribution >= 4 is 15.9 Å². The van der Waals surface area contributed by atoms with Crippen LogP contribution < -0.4 is 10.1 Å². The van der Waals surface area contributed by atoms with Gasteiger partial charge in [-0.3, -0.25) is 4.79 Å². The Bertz CT molecular complexity index is 949. The summed E-state index contributed by atoms with van der Waals surface area (Å²) in [5, 5.41) is 3.05. The van der Waals surface area contributed by atoms with Crippen LogP contribution in [0.1, 0.15) is 36.9 Å². The van der Waals surface area contributed by atoms with E-state index in [0.717, 1.165) is 16.9 Å². The summed E-state index contributed by atoms with van der Waals surface area (Å²) < 4.78 is 32.5. The van der Waals surface area contributed by atoms with Crippen LogP contribution in [0.5, 0.6) is 5.75 Å². The molecule has 156 valence electrons. The molecule has 0 unspecified atom stereocenters. The summed E-state index contributed by atoms with van der Waals surface area (Å²) in [6.07, 6.45) is 1.02. The molecule has 0 bridgehead atoms. The van der Waals surface area contributed by atoms with Gasteiger partial charge in [-0.25, -0.2) is 8.42 Å². The van der Waals surface area contributed by atoms with Gasteiger partial charge in [0.2, 0.25) is 15.9 Å². The van der Waals surface area contributed by atoms with Gasteiger partial charge in [-0.1, -0.05) is 35.9 Å². The first-order valence-electron chi connectivity index (χ1n) is 9.83. The Kier molecular flexibility index (Phi) is 6.59. The summed E-state index contributed by atoms with van der Waals surface area (Å²) >= 11 is 0. The minimum Gasteiger partial charge on any atom is -0.496 e. The molecular weight excluding hydrogens is 388 g/mol. The van der Waals surface area contributed by atoms with Gasteiger partial charge in [0, 0.05) is 24.6 Å². The third-order valence-corrected chi connectivity index (χ3v) is 7.36. The second kappa shape index (κ2) is 8.97. The number of carbonyl (C=O) groups is 1. The maximum absolute atomic E-state index is 12.8. The van der Waals surface area contributed by atoms with E-state index in [2.05, 4.69) is 5.32 Å². The number of aryl methyl sites for hydroxylation is 1. The molecule has 2 aromatic carbocycles. The predicted octanol–water partition coefficient (Wildman–Crippen LogP) is 3.28. The fourth-order valence-electron chi connectivity index (χ4n) is 3.65. The highest BCUT2D eigenvalue weighted by atomic mass is 32.2. The normalized spacial score (nSPS) is 16.9. The zero-order chi connectivity index (χ0) is 21.0. The standard InChI is InChI=1S/C22H28N2O4S/c1-16-8-10-19(11-9-16)29(26,27)24-14-12-18(13-15-24)22(25)23-17(2)20-6-4-5-7-21(20)28-3/h4-11,17-18H,12-15H2,1-3H3,(H,23,25)/t17-/m0/s1. The molecule has 0 radical (unpaired) electrons. The van der Waals surface area contributed by atoms with Gasteiger partial charge in [-0.2, -0.15) is 4.31 Å². The Balaban J connectivity index is 1.60. The van der Waals surface area contributed by atoms with Gasteiger partial charge in [0.25, 0.3) is 0 Å². The van der Waals surface area contributed by atoms with Crippen LogP contribution in [-0.4, -0.2) is 38.8 Å². The van der Waals surface area contributed by atoms with E-state index in [9.17, 15) is 13.2 Å². The fraction of sp³-hybridized carbons (Fsp3) is 0.409. The highest BCUT2D eigenvalue weighted by molar-refractivity contribution is 7.89. The van der Waals surface area contributed by atoms with Crippen molar-refractivity contribution < 1.29 is 17.9 Å². The molecule has 1 aliphatic heterocycles. The largest absolute Gasteiger partial charge is 0.496 e. The third-order valence-electron chi connectivity index (χ3n) is 5.45. The lowest BCUT2D eigenvalue weighted by Crippen LogP contribution is -2.43. The van der Waals surface area contributed by atoms with Gasteiger partial charge < -0.3 is 10.1 Å². The molecule has 1 fully saturated rings. The van der Waals surface area contributed by atoms with Crippen LogP contribution in [-0.2, 0) is 14.8 Å². The molecule has 3 rings (SSSR count).